The van der Waals surface area contributed by atoms with Crippen molar-refractivity contribution < 1.29 is 74.4 Å². The van der Waals surface area contributed by atoms with Crippen molar-refractivity contribution in [2.75, 3.05) is 6.54 Å². The van der Waals surface area contributed by atoms with Gasteiger partial charge in [-0.3, -0.25) is 33.6 Å². The molecule has 0 heterocycles. The summed E-state index contributed by atoms with van der Waals surface area (Å²) in [6.45, 7) is 4.19. The minimum Gasteiger partial charge on any atom is -0.508 e. The molecule has 18 N–H and O–H groups in total. The standard InChI is InChI=1S/C9H11NO3.C6H14N2O2.C5H9NO4.C3H7NO2.2C2H4O2/c10-8(9(12)13)5-6-1-3-7(11)4-2-6;7-4-2-1-3-5(8)6(9)10;6-3(5(9)10)1-2-4(7)8;1-2(4)3(5)6;2*1-2(3)4/h1-4,8,11H,5,10H2,(H,12,13);5H,1-4,7-8H2,(H,9,10);3H,1-2,6H2,(H,7,8)(H,9,10);2H,4H2,1H3,(H,5,6);2*1H3,(H,3,4). The molecule has 0 aliphatic carbocycles. The molecule has 1 aromatic rings. The van der Waals surface area contributed by atoms with Gasteiger partial charge >= 0.3 is 29.8 Å². The van der Waals surface area contributed by atoms with Crippen LogP contribution >= 0.6 is 0 Å². The van der Waals surface area contributed by atoms with Gasteiger partial charge in [-0.25, -0.2) is 0 Å². The predicted octanol–water partition coefficient (Wildman–Crippen LogP) is -1.26. The molecule has 20 nitrogen and oxygen atoms in total. The van der Waals surface area contributed by atoms with E-state index in [0.29, 0.717) is 13.0 Å². The number of hydrogen-bond acceptors (Lipinski definition) is 13. The number of aliphatic carboxylic acids is 7. The third-order valence-electron chi connectivity index (χ3n) is 4.37. The second-order valence-corrected chi connectivity index (χ2v) is 9.09. The maximum atomic E-state index is 10.4. The van der Waals surface area contributed by atoms with Crippen LogP contribution in [0, 0.1) is 0 Å². The van der Waals surface area contributed by atoms with Crippen molar-refractivity contribution in [3.05, 3.63) is 29.8 Å². The average molecular weight is 684 g/mol. The Morgan fingerprint density at radius 2 is 0.957 bits per heavy atom. The molecule has 4 atom stereocenters. The van der Waals surface area contributed by atoms with Crippen molar-refractivity contribution in [2.24, 2.45) is 28.7 Å². The van der Waals surface area contributed by atoms with E-state index in [-0.39, 0.29) is 25.0 Å². The number of nitrogens with two attached hydrogens (primary N) is 5. The lowest BCUT2D eigenvalue weighted by atomic mass is 10.1. The van der Waals surface area contributed by atoms with Gasteiger partial charge in [0.05, 0.1) is 0 Å². The van der Waals surface area contributed by atoms with Gasteiger partial charge < -0.3 is 69.5 Å². The molecule has 4 unspecified atom stereocenters. The Balaban J connectivity index is -0.000000158. The van der Waals surface area contributed by atoms with Gasteiger partial charge in [0, 0.05) is 20.3 Å². The first-order valence-electron chi connectivity index (χ1n) is 13.4. The van der Waals surface area contributed by atoms with Crippen LogP contribution in [-0.4, -0.2) is 113 Å². The highest BCUT2D eigenvalue weighted by Gasteiger charge is 2.13. The lowest BCUT2D eigenvalue weighted by molar-refractivity contribution is -0.141. The second-order valence-electron chi connectivity index (χ2n) is 9.09. The fourth-order valence-corrected chi connectivity index (χ4v) is 2.01. The van der Waals surface area contributed by atoms with Crippen LogP contribution < -0.4 is 28.7 Å². The Morgan fingerprint density at radius 3 is 1.23 bits per heavy atom. The zero-order valence-corrected chi connectivity index (χ0v) is 26.4. The van der Waals surface area contributed by atoms with Gasteiger partial charge in [0.25, 0.3) is 11.9 Å². The van der Waals surface area contributed by atoms with Crippen molar-refractivity contribution in [1.29, 1.82) is 0 Å². The van der Waals surface area contributed by atoms with Crippen LogP contribution in [0.3, 0.4) is 0 Å². The molecule has 272 valence electrons. The van der Waals surface area contributed by atoms with E-state index >= 15 is 0 Å². The van der Waals surface area contributed by atoms with Gasteiger partial charge in [-0.2, -0.15) is 0 Å². The summed E-state index contributed by atoms with van der Waals surface area (Å²) < 4.78 is 0. The van der Waals surface area contributed by atoms with Crippen molar-refractivity contribution in [3.63, 3.8) is 0 Å². The molecule has 0 saturated heterocycles. The number of carboxylic acid groups (broad SMARTS) is 7. The number of aromatic hydroxyl groups is 1. The van der Waals surface area contributed by atoms with Gasteiger partial charge in [-0.05, 0) is 56.8 Å². The highest BCUT2D eigenvalue weighted by molar-refractivity contribution is 5.75. The summed E-state index contributed by atoms with van der Waals surface area (Å²) >= 11 is 0. The molecule has 0 aromatic heterocycles. The minimum atomic E-state index is -1.17. The number of phenolic OH excluding ortho intramolecular Hbond substituents is 1. The van der Waals surface area contributed by atoms with E-state index in [4.69, 9.17) is 79.1 Å². The van der Waals surface area contributed by atoms with Gasteiger partial charge in [0.15, 0.2) is 0 Å². The molecule has 47 heavy (non-hydrogen) atoms. The molecular weight excluding hydrogens is 634 g/mol. The molecule has 20 heteroatoms. The largest absolute Gasteiger partial charge is 0.508 e. The molecule has 1 rings (SSSR count). The van der Waals surface area contributed by atoms with E-state index in [1.54, 1.807) is 12.1 Å². The molecule has 0 fully saturated rings. The molecule has 0 spiro atoms. The summed E-state index contributed by atoms with van der Waals surface area (Å²) in [5, 5.41) is 64.8. The maximum absolute atomic E-state index is 10.4. The number of rotatable bonds is 13. The van der Waals surface area contributed by atoms with Crippen LogP contribution in [0.25, 0.3) is 0 Å². The Morgan fingerprint density at radius 1 is 0.617 bits per heavy atom. The van der Waals surface area contributed by atoms with E-state index in [9.17, 15) is 24.0 Å². The van der Waals surface area contributed by atoms with Crippen LogP contribution in [-0.2, 0) is 40.0 Å². The van der Waals surface area contributed by atoms with E-state index in [2.05, 4.69) is 0 Å². The minimum absolute atomic E-state index is 0.0231. The monoisotopic (exact) mass is 683 g/mol. The fourth-order valence-electron chi connectivity index (χ4n) is 2.01. The number of hydrogen-bond donors (Lipinski definition) is 13. The summed E-state index contributed by atoms with van der Waals surface area (Å²) in [5.41, 5.74) is 26.4. The molecule has 0 bridgehead atoms. The molecular formula is C27H49N5O15. The first-order valence-corrected chi connectivity index (χ1v) is 13.4. The molecule has 0 saturated carbocycles. The van der Waals surface area contributed by atoms with Crippen molar-refractivity contribution >= 4 is 41.8 Å². The topological polar surface area (TPSA) is 411 Å². The molecule has 1 aromatic carbocycles. The second kappa shape index (κ2) is 32.5. The van der Waals surface area contributed by atoms with Crippen molar-refractivity contribution in [1.82, 2.24) is 0 Å². The summed E-state index contributed by atoms with van der Waals surface area (Å²) in [6.07, 6.45) is 2.21. The Bertz CT molecular complexity index is 1030. The number of carboxylic acids is 7. The first kappa shape index (κ1) is 51.7. The zero-order chi connectivity index (χ0) is 38.3. The maximum Gasteiger partial charge on any atom is 0.320 e. The Kier molecular flexibility index (Phi) is 35.7. The van der Waals surface area contributed by atoms with Gasteiger partial charge in [0.1, 0.15) is 29.9 Å². The van der Waals surface area contributed by atoms with E-state index in [1.807, 2.05) is 0 Å². The summed E-state index contributed by atoms with van der Waals surface area (Å²) in [7, 11) is 0. The first-order chi connectivity index (χ1) is 21.4. The highest BCUT2D eigenvalue weighted by Crippen LogP contribution is 2.10. The molecule has 0 aliphatic heterocycles. The number of carbonyl (C=O) groups is 7. The van der Waals surface area contributed by atoms with E-state index < -0.39 is 66.0 Å². The van der Waals surface area contributed by atoms with Gasteiger partial charge in [0.2, 0.25) is 0 Å². The normalized spacial score (nSPS) is 11.7. The Hall–Kier alpha value is -4.89. The predicted molar refractivity (Wildman–Crippen MR) is 166 cm³/mol. The van der Waals surface area contributed by atoms with Gasteiger partial charge in [-0.15, -0.1) is 0 Å². The van der Waals surface area contributed by atoms with Crippen LogP contribution in [0.5, 0.6) is 5.75 Å². The quantitative estimate of drug-likeness (QED) is 0.108. The summed E-state index contributed by atoms with van der Waals surface area (Å²) in [6, 6.07) is 2.92. The molecule has 0 amide bonds. The summed E-state index contributed by atoms with van der Waals surface area (Å²) in [4.78, 5) is 68.0. The number of phenols is 1. The Labute approximate surface area is 270 Å². The van der Waals surface area contributed by atoms with E-state index in [0.717, 1.165) is 32.3 Å². The summed E-state index contributed by atoms with van der Waals surface area (Å²) in [5.74, 6) is -6.62. The van der Waals surface area contributed by atoms with Crippen LogP contribution in [0.1, 0.15) is 58.4 Å². The third kappa shape index (κ3) is 51.0. The molecule has 0 radical (unpaired) electrons. The fraction of sp³-hybridized carbons (Fsp3) is 0.519. The smallest absolute Gasteiger partial charge is 0.320 e. The van der Waals surface area contributed by atoms with Crippen molar-refractivity contribution in [2.45, 2.75) is 83.5 Å². The third-order valence-corrected chi connectivity index (χ3v) is 4.37. The lowest BCUT2D eigenvalue weighted by Crippen LogP contribution is -2.32. The van der Waals surface area contributed by atoms with Gasteiger partial charge in [-0.1, -0.05) is 18.6 Å². The average Bonchev–Trinajstić information content (AvgIpc) is 2.93. The van der Waals surface area contributed by atoms with E-state index in [1.165, 1.54) is 19.1 Å². The molecule has 0 aliphatic rings. The number of unbranched alkanes of at least 4 members (excludes halogenated alkanes) is 1. The van der Waals surface area contributed by atoms with Crippen LogP contribution in [0.15, 0.2) is 24.3 Å². The SMILES string of the molecule is CC(=O)O.CC(=O)O.CC(N)C(=O)O.NC(CCC(=O)O)C(=O)O.NC(Cc1ccc(O)cc1)C(=O)O.NCCCCC(N)C(=O)O. The van der Waals surface area contributed by atoms with Crippen molar-refractivity contribution in [3.8, 4) is 5.75 Å². The number of benzene rings is 1. The zero-order valence-electron chi connectivity index (χ0n) is 26.4. The highest BCUT2D eigenvalue weighted by atomic mass is 16.4. The lowest BCUT2D eigenvalue weighted by Gasteiger charge is -2.05. The van der Waals surface area contributed by atoms with Crippen LogP contribution in [0.2, 0.25) is 0 Å². The van der Waals surface area contributed by atoms with Crippen LogP contribution in [0.4, 0.5) is 0 Å².